The van der Waals surface area contributed by atoms with Crippen LogP contribution in [0.4, 0.5) is 0 Å². The first-order chi connectivity index (χ1) is 26.7. The van der Waals surface area contributed by atoms with Crippen molar-refractivity contribution < 1.29 is 16.8 Å². The van der Waals surface area contributed by atoms with Gasteiger partial charge >= 0.3 is 0 Å². The summed E-state index contributed by atoms with van der Waals surface area (Å²) in [5.74, 6) is 0. The molecule has 0 atom stereocenters. The highest BCUT2D eigenvalue weighted by Crippen LogP contribution is 2.37. The largest absolute Gasteiger partial charge is 0.300 e. The average molecular weight is 794 g/mol. The lowest BCUT2D eigenvalue weighted by Gasteiger charge is -2.37. The maximum absolute atomic E-state index is 14.6. The molecule has 0 saturated heterocycles. The van der Waals surface area contributed by atoms with E-state index in [4.69, 9.17) is 0 Å². The smallest absolute Gasteiger partial charge is 0.243 e. The van der Waals surface area contributed by atoms with Gasteiger partial charge in [0.2, 0.25) is 20.0 Å². The van der Waals surface area contributed by atoms with Gasteiger partial charge in [0.25, 0.3) is 0 Å². The summed E-state index contributed by atoms with van der Waals surface area (Å²) in [6.07, 6.45) is 2.28. The Labute approximate surface area is 336 Å². The van der Waals surface area contributed by atoms with Crippen molar-refractivity contribution in [3.8, 4) is 0 Å². The predicted molar refractivity (Wildman–Crippen MR) is 230 cm³/mol. The van der Waals surface area contributed by atoms with Crippen LogP contribution >= 0.6 is 0 Å². The van der Waals surface area contributed by atoms with Crippen LogP contribution in [-0.2, 0) is 25.6 Å². The predicted octanol–water partition coefficient (Wildman–Crippen LogP) is 9.38. The first-order valence-electron chi connectivity index (χ1n) is 19.8. The van der Waals surface area contributed by atoms with Gasteiger partial charge in [-0.1, -0.05) is 133 Å². The first-order valence-corrected chi connectivity index (χ1v) is 22.7. The Morgan fingerprint density at radius 3 is 1.14 bits per heavy atom. The molecule has 0 aliphatic carbocycles. The Morgan fingerprint density at radius 2 is 0.804 bits per heavy atom. The third kappa shape index (κ3) is 9.52. The van der Waals surface area contributed by atoms with Gasteiger partial charge in [0.15, 0.2) is 0 Å². The van der Waals surface area contributed by atoms with Crippen LogP contribution in [0.25, 0.3) is 0 Å². The summed E-state index contributed by atoms with van der Waals surface area (Å²) in [6.45, 7) is 15.2. The van der Waals surface area contributed by atoms with E-state index in [2.05, 4.69) is 41.7 Å². The zero-order valence-electron chi connectivity index (χ0n) is 34.2. The van der Waals surface area contributed by atoms with E-state index in [0.717, 1.165) is 50.1 Å². The lowest BCUT2D eigenvalue weighted by molar-refractivity contribution is 0.357. The highest BCUT2D eigenvalue weighted by atomic mass is 32.2. The molecule has 0 spiro atoms. The van der Waals surface area contributed by atoms with Gasteiger partial charge in [-0.3, -0.25) is 5.32 Å². The van der Waals surface area contributed by atoms with Crippen LogP contribution in [0.3, 0.4) is 0 Å². The van der Waals surface area contributed by atoms with Crippen LogP contribution in [0.1, 0.15) is 82.7 Å². The molecule has 0 heterocycles. The van der Waals surface area contributed by atoms with Crippen LogP contribution in [0.15, 0.2) is 125 Å². The van der Waals surface area contributed by atoms with Crippen molar-refractivity contribution in [1.82, 2.24) is 13.9 Å². The van der Waals surface area contributed by atoms with E-state index < -0.39 is 25.6 Å². The van der Waals surface area contributed by atoms with Crippen LogP contribution in [0.5, 0.6) is 0 Å². The zero-order chi connectivity index (χ0) is 40.5. The van der Waals surface area contributed by atoms with E-state index >= 15 is 0 Å². The van der Waals surface area contributed by atoms with Crippen molar-refractivity contribution in [2.75, 3.05) is 32.7 Å². The van der Waals surface area contributed by atoms with Crippen molar-refractivity contribution >= 4 is 20.0 Å². The molecule has 7 nitrogen and oxygen atoms in total. The van der Waals surface area contributed by atoms with Crippen molar-refractivity contribution in [3.63, 3.8) is 0 Å². The number of nitrogens with zero attached hydrogens (tertiary/aromatic N) is 2. The van der Waals surface area contributed by atoms with E-state index in [1.165, 1.54) is 0 Å². The number of unbranched alkanes of at least 4 members (excludes halogenated alkanes) is 1. The van der Waals surface area contributed by atoms with Crippen LogP contribution < -0.4 is 5.32 Å². The molecule has 0 aromatic heterocycles. The second kappa shape index (κ2) is 18.9. The molecule has 9 heteroatoms. The minimum absolute atomic E-state index is 0.277. The fourth-order valence-electron chi connectivity index (χ4n) is 8.34. The number of nitrogens with one attached hydrogen (secondary N) is 1. The van der Waals surface area contributed by atoms with Crippen molar-refractivity contribution in [2.45, 2.75) is 89.5 Å². The minimum Gasteiger partial charge on any atom is -0.300 e. The number of benzene rings is 5. The number of hydrogen-bond donors (Lipinski definition) is 1. The average Bonchev–Trinajstić information content (AvgIpc) is 3.15. The maximum atomic E-state index is 14.6. The molecule has 5 aromatic carbocycles. The Bertz CT molecular complexity index is 2140. The standard InChI is InChI=1S/C47H59N3O4S2/c1-8-28-49(55(51,52)45-38(4)32-36(2)33-39(45)5)29-18-19-30-50(56(53,54)46-40(6)34-37(3)35-41(46)7)31-20-27-48-47(42-21-12-9-13-22-42,43-23-14-10-15-24-43)44-25-16-11-17-26-44/h9-17,21-26,32-35,48H,8,18-20,27-31H2,1-7H3. The lowest BCUT2D eigenvalue weighted by Crippen LogP contribution is -2.46. The number of rotatable bonds is 19. The normalized spacial score (nSPS) is 12.4. The summed E-state index contributed by atoms with van der Waals surface area (Å²) < 4.78 is 60.5. The quantitative estimate of drug-likeness (QED) is 0.0666. The summed E-state index contributed by atoms with van der Waals surface area (Å²) >= 11 is 0. The molecule has 298 valence electrons. The Balaban J connectivity index is 1.40. The lowest BCUT2D eigenvalue weighted by atomic mass is 9.77. The summed E-state index contributed by atoms with van der Waals surface area (Å²) in [7, 11) is -7.61. The molecule has 0 radical (unpaired) electrons. The molecule has 0 bridgehead atoms. The molecule has 1 N–H and O–H groups in total. The molecule has 5 rings (SSSR count). The molecular formula is C47H59N3O4S2. The SMILES string of the molecule is CCCN(CCCCN(CCCNC(c1ccccc1)(c1ccccc1)c1ccccc1)S(=O)(=O)c1c(C)cc(C)cc1C)S(=O)(=O)c1c(C)cc(C)cc1C. The van der Waals surface area contributed by atoms with E-state index in [-0.39, 0.29) is 6.54 Å². The molecule has 56 heavy (non-hydrogen) atoms. The number of aryl methyl sites for hydroxylation is 6. The molecular weight excluding hydrogens is 735 g/mol. The maximum Gasteiger partial charge on any atom is 0.243 e. The molecule has 0 saturated carbocycles. The van der Waals surface area contributed by atoms with Gasteiger partial charge in [-0.25, -0.2) is 16.8 Å². The van der Waals surface area contributed by atoms with Gasteiger partial charge in [0.1, 0.15) is 0 Å². The molecule has 0 aliphatic heterocycles. The highest BCUT2D eigenvalue weighted by Gasteiger charge is 2.36. The van der Waals surface area contributed by atoms with E-state index in [9.17, 15) is 16.8 Å². The van der Waals surface area contributed by atoms with Gasteiger partial charge in [0.05, 0.1) is 15.3 Å². The van der Waals surface area contributed by atoms with Gasteiger partial charge < -0.3 is 0 Å². The monoisotopic (exact) mass is 793 g/mol. The third-order valence-corrected chi connectivity index (χ3v) is 14.9. The zero-order valence-corrected chi connectivity index (χ0v) is 35.8. The van der Waals surface area contributed by atoms with Crippen molar-refractivity contribution in [2.24, 2.45) is 0 Å². The Morgan fingerprint density at radius 1 is 0.482 bits per heavy atom. The minimum atomic E-state index is -3.88. The molecule has 0 aliphatic rings. The third-order valence-electron chi connectivity index (χ3n) is 10.5. The summed E-state index contributed by atoms with van der Waals surface area (Å²) in [4.78, 5) is 0.722. The first kappa shape index (κ1) is 43.0. The van der Waals surface area contributed by atoms with E-state index in [1.54, 1.807) is 8.61 Å². The van der Waals surface area contributed by atoms with Crippen molar-refractivity contribution in [1.29, 1.82) is 0 Å². The Hall–Kier alpha value is -4.12. The fraction of sp³-hybridized carbons (Fsp3) is 0.362. The summed E-state index contributed by atoms with van der Waals surface area (Å²) in [5.41, 5.74) is 7.61. The second-order valence-electron chi connectivity index (χ2n) is 15.1. The molecule has 0 unspecified atom stereocenters. The van der Waals surface area contributed by atoms with Gasteiger partial charge in [-0.05, 0) is 113 Å². The second-order valence-corrected chi connectivity index (χ2v) is 18.8. The van der Waals surface area contributed by atoms with Gasteiger partial charge in [-0.2, -0.15) is 8.61 Å². The van der Waals surface area contributed by atoms with Crippen LogP contribution in [0.2, 0.25) is 0 Å². The summed E-state index contributed by atoms with van der Waals surface area (Å²) in [6, 6.07) is 38.8. The highest BCUT2D eigenvalue weighted by molar-refractivity contribution is 7.89. The van der Waals surface area contributed by atoms with Crippen LogP contribution in [0, 0.1) is 41.5 Å². The molecule has 5 aromatic rings. The molecule has 0 fully saturated rings. The van der Waals surface area contributed by atoms with E-state index in [1.807, 2.05) is 127 Å². The van der Waals surface area contributed by atoms with E-state index in [0.29, 0.717) is 61.7 Å². The number of sulfonamides is 2. The summed E-state index contributed by atoms with van der Waals surface area (Å²) in [5, 5.41) is 3.90. The number of hydrogen-bond acceptors (Lipinski definition) is 5. The topological polar surface area (TPSA) is 86.8 Å². The Kier molecular flexibility index (Phi) is 14.5. The van der Waals surface area contributed by atoms with Crippen molar-refractivity contribution in [3.05, 3.63) is 165 Å². The molecule has 0 amide bonds. The fourth-order valence-corrected chi connectivity index (χ4v) is 12.2. The van der Waals surface area contributed by atoms with Gasteiger partial charge in [-0.15, -0.1) is 0 Å². The van der Waals surface area contributed by atoms with Crippen LogP contribution in [-0.4, -0.2) is 58.2 Å². The van der Waals surface area contributed by atoms with Gasteiger partial charge in [0, 0.05) is 26.2 Å².